The number of benzene rings is 1. The molecule has 0 aliphatic carbocycles. The monoisotopic (exact) mass is 231 g/mol. The van der Waals surface area contributed by atoms with E-state index in [4.69, 9.17) is 11.0 Å². The highest BCUT2D eigenvalue weighted by molar-refractivity contribution is 5.95. The minimum absolute atomic E-state index is 0.109. The number of nitrogens with two attached hydrogens (primary N) is 1. The van der Waals surface area contributed by atoms with E-state index in [1.807, 2.05) is 13.0 Å². The summed E-state index contributed by atoms with van der Waals surface area (Å²) in [6.07, 6.45) is 0. The van der Waals surface area contributed by atoms with Crippen molar-refractivity contribution in [3.63, 3.8) is 0 Å². The molecule has 0 spiro atoms. The van der Waals surface area contributed by atoms with E-state index in [0.717, 1.165) is 5.56 Å². The molecule has 0 aliphatic rings. The van der Waals surface area contributed by atoms with Gasteiger partial charge in [-0.1, -0.05) is 0 Å². The van der Waals surface area contributed by atoms with Crippen molar-refractivity contribution in [2.24, 2.45) is 5.92 Å². The number of rotatable bonds is 3. The molecule has 1 rings (SSSR count). The Morgan fingerprint density at radius 1 is 1.53 bits per heavy atom. The molecule has 0 aromatic heterocycles. The lowest BCUT2D eigenvalue weighted by Crippen LogP contribution is -2.30. The van der Waals surface area contributed by atoms with Crippen molar-refractivity contribution in [1.82, 2.24) is 4.90 Å². The van der Waals surface area contributed by atoms with Crippen molar-refractivity contribution in [3.05, 3.63) is 29.3 Å². The first-order valence-corrected chi connectivity index (χ1v) is 5.46. The van der Waals surface area contributed by atoms with Gasteiger partial charge in [0.1, 0.15) is 0 Å². The van der Waals surface area contributed by atoms with E-state index in [0.29, 0.717) is 17.8 Å². The number of nitrogens with zero attached hydrogens (tertiary/aromatic N) is 2. The van der Waals surface area contributed by atoms with Crippen LogP contribution in [0.4, 0.5) is 5.69 Å². The number of nitriles is 1. The van der Waals surface area contributed by atoms with Gasteiger partial charge >= 0.3 is 0 Å². The zero-order chi connectivity index (χ0) is 13.0. The number of aryl methyl sites for hydroxylation is 1. The minimum atomic E-state index is -0.175. The van der Waals surface area contributed by atoms with Gasteiger partial charge in [-0.3, -0.25) is 4.79 Å². The molecule has 0 heterocycles. The zero-order valence-corrected chi connectivity index (χ0v) is 10.4. The van der Waals surface area contributed by atoms with E-state index in [2.05, 4.69) is 6.07 Å². The molecule has 1 aromatic carbocycles. The van der Waals surface area contributed by atoms with Crippen molar-refractivity contribution < 1.29 is 4.79 Å². The summed E-state index contributed by atoms with van der Waals surface area (Å²) < 4.78 is 0. The van der Waals surface area contributed by atoms with Gasteiger partial charge in [0.25, 0.3) is 5.91 Å². The fraction of sp³-hybridized carbons (Fsp3) is 0.385. The molecular formula is C13H17N3O. The molecule has 0 aliphatic heterocycles. The maximum Gasteiger partial charge on any atom is 0.253 e. The summed E-state index contributed by atoms with van der Waals surface area (Å²) in [5, 5.41) is 8.72. The largest absolute Gasteiger partial charge is 0.399 e. The molecule has 1 amide bonds. The van der Waals surface area contributed by atoms with Crippen LogP contribution in [0.15, 0.2) is 18.2 Å². The van der Waals surface area contributed by atoms with Crippen molar-refractivity contribution in [2.45, 2.75) is 13.8 Å². The first-order chi connectivity index (χ1) is 7.93. The first kappa shape index (κ1) is 13.0. The third kappa shape index (κ3) is 3.49. The molecular weight excluding hydrogens is 214 g/mol. The molecule has 0 fully saturated rings. The standard InChI is InChI=1S/C13H17N3O/c1-9-4-11(6-12(15)5-9)13(17)16(3)8-10(2)7-14/h4-6,10H,8,15H2,1-3H3. The summed E-state index contributed by atoms with van der Waals surface area (Å²) >= 11 is 0. The molecule has 4 nitrogen and oxygen atoms in total. The Labute approximate surface area is 102 Å². The fourth-order valence-corrected chi connectivity index (χ4v) is 1.69. The lowest BCUT2D eigenvalue weighted by Gasteiger charge is -2.18. The summed E-state index contributed by atoms with van der Waals surface area (Å²) in [7, 11) is 1.69. The quantitative estimate of drug-likeness (QED) is 0.806. The lowest BCUT2D eigenvalue weighted by atomic mass is 10.1. The summed E-state index contributed by atoms with van der Waals surface area (Å²) in [6.45, 7) is 4.10. The Morgan fingerprint density at radius 3 is 2.71 bits per heavy atom. The number of carbonyl (C=O) groups excluding carboxylic acids is 1. The van der Waals surface area contributed by atoms with Crippen molar-refractivity contribution in [1.29, 1.82) is 5.26 Å². The third-order valence-corrected chi connectivity index (χ3v) is 2.46. The smallest absolute Gasteiger partial charge is 0.253 e. The first-order valence-electron chi connectivity index (χ1n) is 5.46. The van der Waals surface area contributed by atoms with Crippen molar-refractivity contribution in [2.75, 3.05) is 19.3 Å². The summed E-state index contributed by atoms with van der Waals surface area (Å²) in [5.74, 6) is -0.284. The number of nitrogen functional groups attached to an aromatic ring is 1. The molecule has 1 atom stereocenters. The number of anilines is 1. The van der Waals surface area contributed by atoms with E-state index in [1.165, 1.54) is 0 Å². The normalized spacial score (nSPS) is 11.6. The topological polar surface area (TPSA) is 70.1 Å². The third-order valence-electron chi connectivity index (χ3n) is 2.46. The average molecular weight is 231 g/mol. The predicted molar refractivity (Wildman–Crippen MR) is 67.3 cm³/mol. The Kier molecular flexibility index (Phi) is 4.11. The predicted octanol–water partition coefficient (Wildman–Crippen LogP) is 1.81. The molecule has 4 heteroatoms. The van der Waals surface area contributed by atoms with E-state index >= 15 is 0 Å². The number of hydrogen-bond acceptors (Lipinski definition) is 3. The Balaban J connectivity index is 2.86. The van der Waals surface area contributed by atoms with Crippen LogP contribution in [0.25, 0.3) is 0 Å². The van der Waals surface area contributed by atoms with Gasteiger partial charge in [0.05, 0.1) is 12.0 Å². The van der Waals surface area contributed by atoms with Crippen molar-refractivity contribution >= 4 is 11.6 Å². The van der Waals surface area contributed by atoms with Gasteiger partial charge in [-0.15, -0.1) is 0 Å². The summed E-state index contributed by atoms with van der Waals surface area (Å²) in [4.78, 5) is 13.6. The molecule has 2 N–H and O–H groups in total. The highest BCUT2D eigenvalue weighted by Gasteiger charge is 2.14. The van der Waals surface area contributed by atoms with Gasteiger partial charge in [0, 0.05) is 24.8 Å². The minimum Gasteiger partial charge on any atom is -0.399 e. The van der Waals surface area contributed by atoms with E-state index in [-0.39, 0.29) is 11.8 Å². The van der Waals surface area contributed by atoms with Gasteiger partial charge in [0.15, 0.2) is 0 Å². The van der Waals surface area contributed by atoms with Crippen LogP contribution in [0.3, 0.4) is 0 Å². The van der Waals surface area contributed by atoms with Crippen LogP contribution in [-0.2, 0) is 0 Å². The summed E-state index contributed by atoms with van der Waals surface area (Å²) in [5.41, 5.74) is 7.80. The van der Waals surface area contributed by atoms with Gasteiger partial charge in [-0.2, -0.15) is 5.26 Å². The second-order valence-electron chi connectivity index (χ2n) is 4.35. The van der Waals surface area contributed by atoms with Gasteiger partial charge in [-0.25, -0.2) is 0 Å². The van der Waals surface area contributed by atoms with Gasteiger partial charge < -0.3 is 10.6 Å². The maximum absolute atomic E-state index is 12.1. The van der Waals surface area contributed by atoms with E-state index in [1.54, 1.807) is 31.0 Å². The van der Waals surface area contributed by atoms with Crippen LogP contribution in [-0.4, -0.2) is 24.4 Å². The Hall–Kier alpha value is -2.02. The highest BCUT2D eigenvalue weighted by Crippen LogP contribution is 2.13. The van der Waals surface area contributed by atoms with E-state index in [9.17, 15) is 4.79 Å². The molecule has 17 heavy (non-hydrogen) atoms. The molecule has 0 saturated heterocycles. The molecule has 1 unspecified atom stereocenters. The highest BCUT2D eigenvalue weighted by atomic mass is 16.2. The SMILES string of the molecule is Cc1cc(N)cc(C(=O)N(C)CC(C)C#N)c1. The van der Waals surface area contributed by atoms with Crippen LogP contribution in [0.1, 0.15) is 22.8 Å². The van der Waals surface area contributed by atoms with Crippen LogP contribution in [0, 0.1) is 24.2 Å². The lowest BCUT2D eigenvalue weighted by molar-refractivity contribution is 0.0785. The second-order valence-corrected chi connectivity index (χ2v) is 4.35. The molecule has 0 radical (unpaired) electrons. The number of hydrogen-bond donors (Lipinski definition) is 1. The fourth-order valence-electron chi connectivity index (χ4n) is 1.69. The Bertz CT molecular complexity index is 442. The Morgan fingerprint density at radius 2 is 2.18 bits per heavy atom. The van der Waals surface area contributed by atoms with Crippen LogP contribution < -0.4 is 5.73 Å². The van der Waals surface area contributed by atoms with Gasteiger partial charge in [-0.05, 0) is 37.6 Å². The maximum atomic E-state index is 12.1. The van der Waals surface area contributed by atoms with Gasteiger partial charge in [0.2, 0.25) is 0 Å². The molecule has 0 saturated carbocycles. The van der Waals surface area contributed by atoms with Crippen molar-refractivity contribution in [3.8, 4) is 6.07 Å². The molecule has 1 aromatic rings. The van der Waals surface area contributed by atoms with E-state index < -0.39 is 0 Å². The zero-order valence-electron chi connectivity index (χ0n) is 10.4. The second kappa shape index (κ2) is 5.35. The number of carbonyl (C=O) groups is 1. The van der Waals surface area contributed by atoms with Crippen LogP contribution >= 0.6 is 0 Å². The number of amides is 1. The summed E-state index contributed by atoms with van der Waals surface area (Å²) in [6, 6.07) is 7.37. The molecule has 90 valence electrons. The van der Waals surface area contributed by atoms with Crippen LogP contribution in [0.5, 0.6) is 0 Å². The average Bonchev–Trinajstić information content (AvgIpc) is 2.26. The molecule has 0 bridgehead atoms. The van der Waals surface area contributed by atoms with Crippen LogP contribution in [0.2, 0.25) is 0 Å².